The summed E-state index contributed by atoms with van der Waals surface area (Å²) in [5.74, 6) is -2.51. The van der Waals surface area contributed by atoms with Crippen LogP contribution in [0.5, 0.6) is 0 Å². The van der Waals surface area contributed by atoms with E-state index in [4.69, 9.17) is 10.5 Å². The van der Waals surface area contributed by atoms with Crippen LogP contribution in [0.2, 0.25) is 0 Å². The minimum absolute atomic E-state index is 0.0267. The van der Waals surface area contributed by atoms with Crippen molar-refractivity contribution in [2.75, 3.05) is 12.8 Å². The van der Waals surface area contributed by atoms with Gasteiger partial charge in [0, 0.05) is 12.1 Å². The zero-order valence-corrected chi connectivity index (χ0v) is 13.6. The number of ether oxygens (including phenoxy) is 1. The van der Waals surface area contributed by atoms with E-state index in [-0.39, 0.29) is 17.5 Å². The monoisotopic (exact) mass is 342 g/mol. The normalized spacial score (nSPS) is 11.4. The van der Waals surface area contributed by atoms with Crippen LogP contribution in [0.25, 0.3) is 0 Å². The van der Waals surface area contributed by atoms with Gasteiger partial charge in [-0.2, -0.15) is 0 Å². The second-order valence-electron chi connectivity index (χ2n) is 5.35. The highest BCUT2D eigenvalue weighted by Crippen LogP contribution is 2.12. The molecular weight excluding hydrogens is 324 g/mol. The van der Waals surface area contributed by atoms with Gasteiger partial charge in [-0.1, -0.05) is 24.3 Å². The van der Waals surface area contributed by atoms with E-state index in [0.717, 1.165) is 5.56 Å². The molecule has 0 saturated carbocycles. The molecule has 0 aliphatic rings. The summed E-state index contributed by atoms with van der Waals surface area (Å²) in [4.78, 5) is 35.7. The van der Waals surface area contributed by atoms with Crippen LogP contribution in [-0.4, -0.2) is 36.1 Å². The Morgan fingerprint density at radius 2 is 1.68 bits per heavy atom. The molecule has 25 heavy (non-hydrogen) atoms. The molecule has 0 spiro atoms. The maximum Gasteiger partial charge on any atom is 0.336 e. The van der Waals surface area contributed by atoms with Gasteiger partial charge < -0.3 is 20.9 Å². The molecule has 4 N–H and O–H groups in total. The summed E-state index contributed by atoms with van der Waals surface area (Å²) in [7, 11) is 1.22. The zero-order valence-electron chi connectivity index (χ0n) is 13.6. The summed E-state index contributed by atoms with van der Waals surface area (Å²) in [5, 5.41) is 11.7. The first kappa shape index (κ1) is 18.0. The molecule has 0 bridgehead atoms. The summed E-state index contributed by atoms with van der Waals surface area (Å²) >= 11 is 0. The fraction of sp³-hybridized carbons (Fsp3) is 0.167. The summed E-state index contributed by atoms with van der Waals surface area (Å²) in [6.07, 6.45) is 0.188. The molecule has 0 saturated heterocycles. The number of carboxylic acids is 1. The SMILES string of the molecule is COC(=O)[C@H](Cc1ccc(N)cc1)NC(=O)c1ccccc1C(=O)O. The Morgan fingerprint density at radius 1 is 1.08 bits per heavy atom. The molecule has 0 unspecified atom stereocenters. The van der Waals surface area contributed by atoms with Crippen LogP contribution in [0, 0.1) is 0 Å². The summed E-state index contributed by atoms with van der Waals surface area (Å²) < 4.78 is 4.73. The minimum atomic E-state index is -1.22. The Hall–Kier alpha value is -3.35. The number of benzene rings is 2. The molecule has 130 valence electrons. The quantitative estimate of drug-likeness (QED) is 0.540. The summed E-state index contributed by atoms with van der Waals surface area (Å²) in [6.45, 7) is 0. The highest BCUT2D eigenvalue weighted by molar-refractivity contribution is 6.05. The number of carboxylic acid groups (broad SMARTS) is 1. The topological polar surface area (TPSA) is 119 Å². The van der Waals surface area contributed by atoms with Gasteiger partial charge in [0.05, 0.1) is 18.2 Å². The van der Waals surface area contributed by atoms with Crippen LogP contribution in [-0.2, 0) is 16.0 Å². The smallest absolute Gasteiger partial charge is 0.336 e. The lowest BCUT2D eigenvalue weighted by Crippen LogP contribution is -2.43. The Bertz CT molecular complexity index is 786. The van der Waals surface area contributed by atoms with Crippen molar-refractivity contribution in [1.29, 1.82) is 0 Å². The second-order valence-corrected chi connectivity index (χ2v) is 5.35. The van der Waals surface area contributed by atoms with Crippen molar-refractivity contribution in [3.05, 3.63) is 65.2 Å². The molecule has 2 aromatic carbocycles. The van der Waals surface area contributed by atoms with E-state index >= 15 is 0 Å². The second kappa shape index (κ2) is 7.96. The van der Waals surface area contributed by atoms with Gasteiger partial charge in [0.25, 0.3) is 5.91 Å². The summed E-state index contributed by atoms with van der Waals surface area (Å²) in [5.41, 5.74) is 6.81. The Labute approximate surface area is 144 Å². The molecule has 1 amide bonds. The molecule has 0 fully saturated rings. The molecular formula is C18H18N2O5. The molecule has 2 rings (SSSR count). The van der Waals surface area contributed by atoms with E-state index in [9.17, 15) is 19.5 Å². The van der Waals surface area contributed by atoms with E-state index in [1.54, 1.807) is 30.3 Å². The lowest BCUT2D eigenvalue weighted by molar-refractivity contribution is -0.142. The molecule has 0 heterocycles. The van der Waals surface area contributed by atoms with Crippen LogP contribution >= 0.6 is 0 Å². The van der Waals surface area contributed by atoms with Gasteiger partial charge in [-0.15, -0.1) is 0 Å². The van der Waals surface area contributed by atoms with E-state index in [0.29, 0.717) is 5.69 Å². The molecule has 7 heteroatoms. The third-order valence-corrected chi connectivity index (χ3v) is 3.61. The van der Waals surface area contributed by atoms with E-state index in [1.807, 2.05) is 0 Å². The van der Waals surface area contributed by atoms with Crippen molar-refractivity contribution < 1.29 is 24.2 Å². The van der Waals surface area contributed by atoms with Crippen molar-refractivity contribution in [2.45, 2.75) is 12.5 Å². The lowest BCUT2D eigenvalue weighted by atomic mass is 10.0. The number of carbonyl (C=O) groups excluding carboxylic acids is 2. The number of esters is 1. The highest BCUT2D eigenvalue weighted by Gasteiger charge is 2.24. The molecule has 1 atom stereocenters. The van der Waals surface area contributed by atoms with Gasteiger partial charge in [0.2, 0.25) is 0 Å². The molecule has 0 radical (unpaired) electrons. The third kappa shape index (κ3) is 4.57. The predicted molar refractivity (Wildman–Crippen MR) is 91.2 cm³/mol. The number of anilines is 1. The highest BCUT2D eigenvalue weighted by atomic mass is 16.5. The average molecular weight is 342 g/mol. The molecule has 0 aliphatic heterocycles. The predicted octanol–water partition coefficient (Wildman–Crippen LogP) is 1.48. The van der Waals surface area contributed by atoms with Crippen molar-refractivity contribution >= 4 is 23.5 Å². The number of carbonyl (C=O) groups is 3. The van der Waals surface area contributed by atoms with E-state index in [1.165, 1.54) is 25.3 Å². The number of hydrogen-bond acceptors (Lipinski definition) is 5. The van der Waals surface area contributed by atoms with Gasteiger partial charge in [-0.25, -0.2) is 9.59 Å². The van der Waals surface area contributed by atoms with Crippen molar-refractivity contribution in [1.82, 2.24) is 5.32 Å². The first-order chi connectivity index (χ1) is 11.9. The fourth-order valence-corrected chi connectivity index (χ4v) is 2.33. The summed E-state index contributed by atoms with van der Waals surface area (Å²) in [6, 6.07) is 11.7. The van der Waals surface area contributed by atoms with Gasteiger partial charge in [-0.3, -0.25) is 4.79 Å². The van der Waals surface area contributed by atoms with Gasteiger partial charge in [-0.05, 0) is 29.8 Å². The van der Waals surface area contributed by atoms with Crippen LogP contribution in [0.3, 0.4) is 0 Å². The average Bonchev–Trinajstić information content (AvgIpc) is 2.62. The van der Waals surface area contributed by atoms with Crippen molar-refractivity contribution in [2.24, 2.45) is 0 Å². The van der Waals surface area contributed by atoms with Gasteiger partial charge in [0.15, 0.2) is 0 Å². The number of nitrogen functional groups attached to an aromatic ring is 1. The Kier molecular flexibility index (Phi) is 5.73. The molecule has 2 aromatic rings. The molecule has 0 aromatic heterocycles. The lowest BCUT2D eigenvalue weighted by Gasteiger charge is -2.17. The standard InChI is InChI=1S/C18H18N2O5/c1-25-18(24)15(10-11-6-8-12(19)9-7-11)20-16(21)13-4-2-3-5-14(13)17(22)23/h2-9,15H,10,19H2,1H3,(H,20,21)(H,22,23)/t15-/m0/s1. The van der Waals surface area contributed by atoms with Gasteiger partial charge >= 0.3 is 11.9 Å². The molecule has 0 aliphatic carbocycles. The van der Waals surface area contributed by atoms with Crippen LogP contribution in [0.15, 0.2) is 48.5 Å². The number of aromatic carboxylic acids is 1. The Morgan fingerprint density at radius 3 is 2.24 bits per heavy atom. The minimum Gasteiger partial charge on any atom is -0.478 e. The van der Waals surface area contributed by atoms with Crippen LogP contribution in [0.4, 0.5) is 5.69 Å². The number of rotatable bonds is 6. The maximum absolute atomic E-state index is 12.4. The first-order valence-electron chi connectivity index (χ1n) is 7.47. The first-order valence-corrected chi connectivity index (χ1v) is 7.47. The fourth-order valence-electron chi connectivity index (χ4n) is 2.33. The van der Waals surface area contributed by atoms with Crippen molar-refractivity contribution in [3.8, 4) is 0 Å². The molecule has 7 nitrogen and oxygen atoms in total. The zero-order chi connectivity index (χ0) is 18.4. The number of methoxy groups -OCH3 is 1. The van der Waals surface area contributed by atoms with E-state index < -0.39 is 23.9 Å². The largest absolute Gasteiger partial charge is 0.478 e. The van der Waals surface area contributed by atoms with Crippen LogP contribution in [0.1, 0.15) is 26.3 Å². The number of hydrogen-bond donors (Lipinski definition) is 3. The van der Waals surface area contributed by atoms with E-state index in [2.05, 4.69) is 5.32 Å². The third-order valence-electron chi connectivity index (χ3n) is 3.61. The van der Waals surface area contributed by atoms with Crippen molar-refractivity contribution in [3.63, 3.8) is 0 Å². The Balaban J connectivity index is 2.22. The number of amides is 1. The number of nitrogens with two attached hydrogens (primary N) is 1. The van der Waals surface area contributed by atoms with Gasteiger partial charge in [0.1, 0.15) is 6.04 Å². The maximum atomic E-state index is 12.4. The number of nitrogens with one attached hydrogen (secondary N) is 1. The van der Waals surface area contributed by atoms with Crippen LogP contribution < -0.4 is 11.1 Å².